The molecule has 26 heavy (non-hydrogen) atoms. The molecule has 0 spiro atoms. The van der Waals surface area contributed by atoms with Crippen LogP contribution in [0, 0.1) is 0 Å². The molecule has 2 rings (SSSR count). The minimum Gasteiger partial charge on any atom is -0.493 e. The number of aryl methyl sites for hydroxylation is 1. The van der Waals surface area contributed by atoms with Crippen molar-refractivity contribution in [3.63, 3.8) is 0 Å². The first-order valence-corrected chi connectivity index (χ1v) is 8.83. The SMILES string of the molecule is CCCCOc1cc(CCC(=O)N(C)O)ccc2c(CC(N)=O)ccc1-2. The van der Waals surface area contributed by atoms with Gasteiger partial charge in [0.05, 0.1) is 13.0 Å². The third-order valence-corrected chi connectivity index (χ3v) is 4.24. The van der Waals surface area contributed by atoms with Crippen molar-refractivity contribution in [3.8, 4) is 16.9 Å². The highest BCUT2D eigenvalue weighted by Crippen LogP contribution is 2.36. The second-order valence-electron chi connectivity index (χ2n) is 6.37. The molecule has 2 aliphatic rings. The van der Waals surface area contributed by atoms with Gasteiger partial charge in [0.1, 0.15) is 5.75 Å². The lowest BCUT2D eigenvalue weighted by atomic mass is 10.1. The van der Waals surface area contributed by atoms with Crippen LogP contribution in [0.4, 0.5) is 0 Å². The van der Waals surface area contributed by atoms with Gasteiger partial charge in [-0.05, 0) is 35.6 Å². The summed E-state index contributed by atoms with van der Waals surface area (Å²) in [7, 11) is 1.32. The summed E-state index contributed by atoms with van der Waals surface area (Å²) in [6.07, 6.45) is 2.82. The van der Waals surface area contributed by atoms with E-state index in [1.165, 1.54) is 7.05 Å². The largest absolute Gasteiger partial charge is 0.493 e. The number of fused-ring (bicyclic) bond motifs is 1. The van der Waals surface area contributed by atoms with E-state index in [2.05, 4.69) is 6.92 Å². The van der Waals surface area contributed by atoms with Crippen molar-refractivity contribution in [2.75, 3.05) is 13.7 Å². The quantitative estimate of drug-likeness (QED) is 0.409. The highest BCUT2D eigenvalue weighted by atomic mass is 16.5. The van der Waals surface area contributed by atoms with E-state index in [1.54, 1.807) is 0 Å². The predicted molar refractivity (Wildman–Crippen MR) is 99.2 cm³/mol. The van der Waals surface area contributed by atoms with Crippen LogP contribution in [-0.4, -0.2) is 35.7 Å². The summed E-state index contributed by atoms with van der Waals surface area (Å²) < 4.78 is 5.97. The second-order valence-corrected chi connectivity index (χ2v) is 6.37. The summed E-state index contributed by atoms with van der Waals surface area (Å²) in [5.41, 5.74) is 8.98. The molecule has 0 saturated carbocycles. The minimum absolute atomic E-state index is 0.172. The standard InChI is InChI=1S/C20H26N2O4/c1-3-4-11-26-18-12-14(6-10-20(24)22(2)25)5-8-16-15(13-19(21)23)7-9-17(16)18/h5,7-9,12,25H,3-4,6,10-11,13H2,1-2H3,(H2,21,23). The Labute approximate surface area is 153 Å². The van der Waals surface area contributed by atoms with Gasteiger partial charge in [-0.2, -0.15) is 0 Å². The lowest BCUT2D eigenvalue weighted by molar-refractivity contribution is -0.159. The number of nitrogens with zero attached hydrogens (tertiary/aromatic N) is 1. The lowest BCUT2D eigenvalue weighted by Gasteiger charge is -2.09. The van der Waals surface area contributed by atoms with Crippen molar-refractivity contribution < 1.29 is 19.5 Å². The van der Waals surface area contributed by atoms with Gasteiger partial charge in [-0.1, -0.05) is 37.6 Å². The molecule has 0 aromatic carbocycles. The summed E-state index contributed by atoms with van der Waals surface area (Å²) in [5, 5.41) is 9.80. The Morgan fingerprint density at radius 1 is 1.19 bits per heavy atom. The summed E-state index contributed by atoms with van der Waals surface area (Å²) in [4.78, 5) is 23.0. The van der Waals surface area contributed by atoms with Crippen molar-refractivity contribution in [2.24, 2.45) is 5.73 Å². The van der Waals surface area contributed by atoms with Gasteiger partial charge < -0.3 is 10.5 Å². The van der Waals surface area contributed by atoms with Gasteiger partial charge in [0, 0.05) is 19.0 Å². The van der Waals surface area contributed by atoms with Crippen LogP contribution in [0.2, 0.25) is 0 Å². The topological polar surface area (TPSA) is 92.9 Å². The normalized spacial score (nSPS) is 10.7. The van der Waals surface area contributed by atoms with Crippen LogP contribution in [0.5, 0.6) is 5.75 Å². The number of carbonyl (C=O) groups is 2. The Hall–Kier alpha value is -2.60. The van der Waals surface area contributed by atoms with E-state index < -0.39 is 0 Å². The van der Waals surface area contributed by atoms with Crippen molar-refractivity contribution in [1.82, 2.24) is 5.06 Å². The van der Waals surface area contributed by atoms with E-state index in [0.29, 0.717) is 18.1 Å². The number of amides is 2. The molecule has 6 nitrogen and oxygen atoms in total. The van der Waals surface area contributed by atoms with Crippen LogP contribution >= 0.6 is 0 Å². The Morgan fingerprint density at radius 2 is 1.92 bits per heavy atom. The maximum atomic E-state index is 11.6. The fourth-order valence-electron chi connectivity index (χ4n) is 2.79. The van der Waals surface area contributed by atoms with E-state index in [9.17, 15) is 14.8 Å². The zero-order valence-electron chi connectivity index (χ0n) is 15.3. The van der Waals surface area contributed by atoms with Crippen LogP contribution in [0.25, 0.3) is 11.1 Å². The molecule has 2 amide bonds. The van der Waals surface area contributed by atoms with Gasteiger partial charge >= 0.3 is 0 Å². The van der Waals surface area contributed by atoms with Crippen LogP contribution in [0.3, 0.4) is 0 Å². The molecule has 2 aliphatic carbocycles. The number of hydroxylamine groups is 2. The minimum atomic E-state index is -0.380. The van der Waals surface area contributed by atoms with Gasteiger partial charge in [-0.25, -0.2) is 5.06 Å². The van der Waals surface area contributed by atoms with Crippen LogP contribution < -0.4 is 10.5 Å². The monoisotopic (exact) mass is 358 g/mol. The molecule has 0 aromatic heterocycles. The molecule has 0 fully saturated rings. The fraction of sp³-hybridized carbons (Fsp3) is 0.400. The summed E-state index contributed by atoms with van der Waals surface area (Å²) in [6.45, 7) is 2.70. The molecule has 0 heterocycles. The highest BCUT2D eigenvalue weighted by Gasteiger charge is 2.16. The maximum absolute atomic E-state index is 11.6. The van der Waals surface area contributed by atoms with E-state index >= 15 is 0 Å². The van der Waals surface area contributed by atoms with E-state index in [0.717, 1.165) is 40.8 Å². The third kappa shape index (κ3) is 5.20. The second kappa shape index (κ2) is 9.20. The Balaban J connectivity index is 2.34. The molecule has 0 aromatic rings. The van der Waals surface area contributed by atoms with Crippen LogP contribution in [0.15, 0.2) is 30.3 Å². The summed E-state index contributed by atoms with van der Waals surface area (Å²) in [5.74, 6) is 0.00149. The Bertz CT molecular complexity index is 743. The van der Waals surface area contributed by atoms with Crippen LogP contribution in [0.1, 0.15) is 37.3 Å². The van der Waals surface area contributed by atoms with Crippen molar-refractivity contribution in [1.29, 1.82) is 0 Å². The molecule has 0 atom stereocenters. The number of nitrogens with two attached hydrogens (primary N) is 1. The summed E-state index contributed by atoms with van der Waals surface area (Å²) >= 11 is 0. The van der Waals surface area contributed by atoms with Crippen molar-refractivity contribution >= 4 is 11.8 Å². The fourth-order valence-corrected chi connectivity index (χ4v) is 2.79. The number of hydrogen-bond acceptors (Lipinski definition) is 4. The van der Waals surface area contributed by atoms with E-state index in [4.69, 9.17) is 10.5 Å². The molecule has 0 saturated heterocycles. The first-order valence-electron chi connectivity index (χ1n) is 8.83. The van der Waals surface area contributed by atoms with Gasteiger partial charge in [-0.3, -0.25) is 14.8 Å². The van der Waals surface area contributed by atoms with Crippen molar-refractivity contribution in [3.05, 3.63) is 41.5 Å². The molecule has 6 heteroatoms. The number of primary amides is 1. The molecule has 140 valence electrons. The predicted octanol–water partition coefficient (Wildman–Crippen LogP) is 2.78. The average Bonchev–Trinajstić information content (AvgIpc) is 2.88. The van der Waals surface area contributed by atoms with E-state index in [-0.39, 0.29) is 24.7 Å². The van der Waals surface area contributed by atoms with Gasteiger partial charge in [-0.15, -0.1) is 0 Å². The van der Waals surface area contributed by atoms with Crippen LogP contribution in [-0.2, 0) is 22.4 Å². The maximum Gasteiger partial charge on any atom is 0.245 e. The Kier molecular flexibility index (Phi) is 6.97. The Morgan fingerprint density at radius 3 is 2.58 bits per heavy atom. The lowest BCUT2D eigenvalue weighted by Crippen LogP contribution is -2.22. The molecule has 3 N–H and O–H groups in total. The molecule has 0 aliphatic heterocycles. The molecular formula is C20H26N2O4. The average molecular weight is 358 g/mol. The first kappa shape index (κ1) is 19.7. The zero-order valence-corrected chi connectivity index (χ0v) is 15.3. The number of hydrogen-bond donors (Lipinski definition) is 2. The number of rotatable bonds is 9. The summed E-state index contributed by atoms with van der Waals surface area (Å²) in [6, 6.07) is 9.61. The number of carbonyl (C=O) groups excluding carboxylic acids is 2. The zero-order chi connectivity index (χ0) is 19.1. The van der Waals surface area contributed by atoms with E-state index in [1.807, 2.05) is 30.3 Å². The van der Waals surface area contributed by atoms with Gasteiger partial charge in [0.25, 0.3) is 0 Å². The highest BCUT2D eigenvalue weighted by molar-refractivity contribution is 5.84. The molecular weight excluding hydrogens is 332 g/mol. The molecule has 0 unspecified atom stereocenters. The number of ether oxygens (including phenoxy) is 1. The third-order valence-electron chi connectivity index (χ3n) is 4.24. The first-order chi connectivity index (χ1) is 12.4. The molecule has 0 radical (unpaired) electrons. The van der Waals surface area contributed by atoms with Gasteiger partial charge in [0.15, 0.2) is 0 Å². The number of unbranched alkanes of at least 4 members (excludes halogenated alkanes) is 1. The molecule has 0 bridgehead atoms. The van der Waals surface area contributed by atoms with Gasteiger partial charge in [0.2, 0.25) is 11.8 Å². The van der Waals surface area contributed by atoms with Crippen molar-refractivity contribution in [2.45, 2.75) is 39.0 Å². The smallest absolute Gasteiger partial charge is 0.245 e.